The Morgan fingerprint density at radius 3 is 0.905 bits per heavy atom. The molecule has 0 radical (unpaired) electrons. The molecule has 42 heavy (non-hydrogen) atoms. The molecule has 0 saturated heterocycles. The third kappa shape index (κ3) is 7.67. The fourth-order valence-electron chi connectivity index (χ4n) is 4.50. The van der Waals surface area contributed by atoms with Gasteiger partial charge in [-0.1, -0.05) is 91.0 Å². The minimum absolute atomic E-state index is 0.0164. The highest BCUT2D eigenvalue weighted by molar-refractivity contribution is 6.04. The van der Waals surface area contributed by atoms with E-state index in [9.17, 15) is 29.7 Å². The molecule has 0 aromatic heterocycles. The van der Waals surface area contributed by atoms with E-state index in [1.54, 1.807) is 72.8 Å². The van der Waals surface area contributed by atoms with Gasteiger partial charge in [-0.25, -0.2) is 0 Å². The SMILES string of the molecule is O=C(N[C@@H](CO)c1ccccc1)c1cc(C(=O)N[C@@H](CO)c2ccccc2)cc(C(=O)N[C@@H](CO)c2ccccc2)c1. The number of aliphatic hydroxyl groups is 3. The number of hydrogen-bond donors (Lipinski definition) is 6. The van der Waals surface area contributed by atoms with E-state index in [0.717, 1.165) is 0 Å². The zero-order chi connectivity index (χ0) is 29.9. The summed E-state index contributed by atoms with van der Waals surface area (Å²) >= 11 is 0. The number of carbonyl (C=O) groups is 3. The molecule has 216 valence electrons. The summed E-state index contributed by atoms with van der Waals surface area (Å²) in [5, 5.41) is 38.1. The molecule has 0 aliphatic heterocycles. The van der Waals surface area contributed by atoms with Gasteiger partial charge in [-0.15, -0.1) is 0 Å². The summed E-state index contributed by atoms with van der Waals surface area (Å²) in [5.74, 6) is -1.82. The number of carbonyl (C=O) groups excluding carboxylic acids is 3. The van der Waals surface area contributed by atoms with Crippen molar-refractivity contribution >= 4 is 17.7 Å². The van der Waals surface area contributed by atoms with Crippen LogP contribution >= 0.6 is 0 Å². The maximum Gasteiger partial charge on any atom is 0.251 e. The van der Waals surface area contributed by atoms with Crippen LogP contribution in [0, 0.1) is 0 Å². The van der Waals surface area contributed by atoms with Gasteiger partial charge >= 0.3 is 0 Å². The molecule has 0 saturated carbocycles. The monoisotopic (exact) mass is 567 g/mol. The number of rotatable bonds is 12. The van der Waals surface area contributed by atoms with Crippen LogP contribution in [-0.2, 0) is 0 Å². The van der Waals surface area contributed by atoms with Crippen molar-refractivity contribution in [1.29, 1.82) is 0 Å². The highest BCUT2D eigenvalue weighted by atomic mass is 16.3. The van der Waals surface area contributed by atoms with Crippen molar-refractivity contribution in [3.05, 3.63) is 143 Å². The van der Waals surface area contributed by atoms with Gasteiger partial charge in [0.1, 0.15) is 0 Å². The van der Waals surface area contributed by atoms with Crippen molar-refractivity contribution in [2.24, 2.45) is 0 Å². The maximum atomic E-state index is 13.4. The summed E-state index contributed by atoms with van der Waals surface area (Å²) in [6, 6.07) is 28.6. The summed E-state index contributed by atoms with van der Waals surface area (Å²) < 4.78 is 0. The third-order valence-electron chi connectivity index (χ3n) is 6.79. The summed E-state index contributed by atoms with van der Waals surface area (Å²) in [7, 11) is 0. The molecule has 4 aromatic rings. The van der Waals surface area contributed by atoms with Crippen molar-refractivity contribution in [2.75, 3.05) is 19.8 Å². The molecular weight excluding hydrogens is 534 g/mol. The van der Waals surface area contributed by atoms with E-state index in [1.807, 2.05) is 18.2 Å². The van der Waals surface area contributed by atoms with Gasteiger partial charge in [0.05, 0.1) is 37.9 Å². The van der Waals surface area contributed by atoms with Crippen LogP contribution in [0.1, 0.15) is 65.9 Å². The topological polar surface area (TPSA) is 148 Å². The highest BCUT2D eigenvalue weighted by Gasteiger charge is 2.22. The molecule has 0 spiro atoms. The Kier molecular flexibility index (Phi) is 10.5. The summed E-state index contributed by atoms with van der Waals surface area (Å²) in [4.78, 5) is 40.1. The quantitative estimate of drug-likeness (QED) is 0.155. The highest BCUT2D eigenvalue weighted by Crippen LogP contribution is 2.19. The molecule has 4 aromatic carbocycles. The Labute approximate surface area is 243 Å². The van der Waals surface area contributed by atoms with Gasteiger partial charge in [-0.05, 0) is 34.9 Å². The second-order valence-electron chi connectivity index (χ2n) is 9.66. The smallest absolute Gasteiger partial charge is 0.251 e. The molecule has 0 heterocycles. The molecule has 0 unspecified atom stereocenters. The van der Waals surface area contributed by atoms with Crippen LogP contribution < -0.4 is 16.0 Å². The Hall–Kier alpha value is -4.83. The molecule has 0 fully saturated rings. The van der Waals surface area contributed by atoms with Crippen molar-refractivity contribution in [1.82, 2.24) is 16.0 Å². The van der Waals surface area contributed by atoms with Crippen LogP contribution in [0.4, 0.5) is 0 Å². The lowest BCUT2D eigenvalue weighted by Crippen LogP contribution is -2.34. The maximum absolute atomic E-state index is 13.4. The molecule has 0 aliphatic rings. The zero-order valence-corrected chi connectivity index (χ0v) is 22.8. The molecule has 4 rings (SSSR count). The van der Waals surface area contributed by atoms with E-state index < -0.39 is 35.8 Å². The average Bonchev–Trinajstić information content (AvgIpc) is 3.05. The largest absolute Gasteiger partial charge is 0.394 e. The van der Waals surface area contributed by atoms with Gasteiger partial charge in [-0.3, -0.25) is 14.4 Å². The van der Waals surface area contributed by atoms with Gasteiger partial charge in [-0.2, -0.15) is 0 Å². The van der Waals surface area contributed by atoms with Crippen molar-refractivity contribution in [3.8, 4) is 0 Å². The number of amides is 3. The first-order valence-electron chi connectivity index (χ1n) is 13.5. The Bertz CT molecular complexity index is 1290. The standard InChI is InChI=1S/C33H33N3O6/c37-19-28(22-10-4-1-5-11-22)34-31(40)25-16-26(32(41)35-29(20-38)23-12-6-2-7-13-23)18-27(17-25)33(42)36-30(21-39)24-14-8-3-9-15-24/h1-18,28-30,37-39H,19-21H2,(H,34,40)(H,35,41)(H,36,42)/t28-,29-,30-/m0/s1. The van der Waals surface area contributed by atoms with Crippen molar-refractivity contribution < 1.29 is 29.7 Å². The zero-order valence-electron chi connectivity index (χ0n) is 22.8. The van der Waals surface area contributed by atoms with Crippen LogP contribution in [-0.4, -0.2) is 52.9 Å². The minimum Gasteiger partial charge on any atom is -0.394 e. The third-order valence-corrected chi connectivity index (χ3v) is 6.79. The Morgan fingerprint density at radius 2 is 0.690 bits per heavy atom. The van der Waals surface area contributed by atoms with Crippen LogP contribution in [0.2, 0.25) is 0 Å². The molecule has 3 amide bonds. The first-order chi connectivity index (χ1) is 20.4. The predicted molar refractivity (Wildman–Crippen MR) is 158 cm³/mol. The first kappa shape index (κ1) is 30.1. The lowest BCUT2D eigenvalue weighted by Gasteiger charge is -2.20. The van der Waals surface area contributed by atoms with E-state index in [1.165, 1.54) is 18.2 Å². The van der Waals surface area contributed by atoms with Gasteiger partial charge in [0.15, 0.2) is 0 Å². The molecule has 9 heteroatoms. The van der Waals surface area contributed by atoms with Crippen LogP contribution in [0.25, 0.3) is 0 Å². The van der Waals surface area contributed by atoms with E-state index in [-0.39, 0.29) is 36.5 Å². The van der Waals surface area contributed by atoms with Gasteiger partial charge in [0.2, 0.25) is 0 Å². The normalized spacial score (nSPS) is 12.9. The van der Waals surface area contributed by atoms with E-state index in [0.29, 0.717) is 16.7 Å². The van der Waals surface area contributed by atoms with Crippen LogP contribution in [0.15, 0.2) is 109 Å². The molecule has 9 nitrogen and oxygen atoms in total. The van der Waals surface area contributed by atoms with Crippen LogP contribution in [0.3, 0.4) is 0 Å². The number of nitrogens with one attached hydrogen (secondary N) is 3. The van der Waals surface area contributed by atoms with E-state index >= 15 is 0 Å². The number of benzene rings is 4. The lowest BCUT2D eigenvalue weighted by atomic mass is 10.0. The summed E-state index contributed by atoms with van der Waals surface area (Å²) in [5.41, 5.74) is 2.10. The van der Waals surface area contributed by atoms with Crippen molar-refractivity contribution in [2.45, 2.75) is 18.1 Å². The Morgan fingerprint density at radius 1 is 0.452 bits per heavy atom. The second kappa shape index (κ2) is 14.7. The fourth-order valence-corrected chi connectivity index (χ4v) is 4.50. The first-order valence-corrected chi connectivity index (χ1v) is 13.5. The van der Waals surface area contributed by atoms with Crippen LogP contribution in [0.5, 0.6) is 0 Å². The van der Waals surface area contributed by atoms with E-state index in [2.05, 4.69) is 16.0 Å². The van der Waals surface area contributed by atoms with Gasteiger partial charge < -0.3 is 31.3 Å². The second-order valence-corrected chi connectivity index (χ2v) is 9.66. The summed E-state index contributed by atoms with van der Waals surface area (Å²) in [6.07, 6.45) is 0. The van der Waals surface area contributed by atoms with E-state index in [4.69, 9.17) is 0 Å². The molecule has 0 bridgehead atoms. The average molecular weight is 568 g/mol. The minimum atomic E-state index is -0.720. The van der Waals surface area contributed by atoms with Crippen molar-refractivity contribution in [3.63, 3.8) is 0 Å². The van der Waals surface area contributed by atoms with Gasteiger partial charge in [0, 0.05) is 16.7 Å². The molecule has 0 aliphatic carbocycles. The molecular formula is C33H33N3O6. The number of hydrogen-bond acceptors (Lipinski definition) is 6. The van der Waals surface area contributed by atoms with Gasteiger partial charge in [0.25, 0.3) is 17.7 Å². The predicted octanol–water partition coefficient (Wildman–Crippen LogP) is 3.08. The summed E-state index contributed by atoms with van der Waals surface area (Å²) in [6.45, 7) is -1.10. The molecule has 3 atom stereocenters. The lowest BCUT2D eigenvalue weighted by molar-refractivity contribution is 0.0915. The Balaban J connectivity index is 1.65. The molecule has 6 N–H and O–H groups in total. The fraction of sp³-hybridized carbons (Fsp3) is 0.182. The number of aliphatic hydroxyl groups excluding tert-OH is 3.